The number of methoxy groups -OCH3 is 2. The largest absolute Gasteiger partial charge is 0.493 e. The molecule has 3 aromatic heterocycles. The third-order valence-electron chi connectivity index (χ3n) is 4.41. The summed E-state index contributed by atoms with van der Waals surface area (Å²) < 4.78 is 12.9. The van der Waals surface area contributed by atoms with Crippen molar-refractivity contribution < 1.29 is 9.47 Å². The van der Waals surface area contributed by atoms with Crippen LogP contribution in [0.5, 0.6) is 11.5 Å². The zero-order chi connectivity index (χ0) is 16.8. The zero-order valence-electron chi connectivity index (χ0n) is 13.9. The Bertz CT molecular complexity index is 1060. The molecule has 0 atom stereocenters. The first-order valence-electron chi connectivity index (χ1n) is 7.63. The van der Waals surface area contributed by atoms with Crippen molar-refractivity contribution >= 4 is 21.9 Å². The number of aromatic nitrogens is 3. The smallest absolute Gasteiger partial charge is 0.162 e. The molecular formula is C19H18N3O2. The van der Waals surface area contributed by atoms with E-state index in [0.29, 0.717) is 5.75 Å². The van der Waals surface area contributed by atoms with Crippen LogP contribution in [0.1, 0.15) is 5.56 Å². The van der Waals surface area contributed by atoms with Crippen molar-refractivity contribution in [3.05, 3.63) is 49.1 Å². The highest BCUT2D eigenvalue weighted by Crippen LogP contribution is 2.38. The molecule has 24 heavy (non-hydrogen) atoms. The summed E-state index contributed by atoms with van der Waals surface area (Å²) in [6.45, 7) is 4.07. The van der Waals surface area contributed by atoms with Gasteiger partial charge in [-0.1, -0.05) is 0 Å². The minimum atomic E-state index is 0.713. The second kappa shape index (κ2) is 5.30. The molecule has 0 aliphatic heterocycles. The molecule has 0 saturated carbocycles. The maximum Gasteiger partial charge on any atom is 0.162 e. The van der Waals surface area contributed by atoms with Crippen LogP contribution in [0, 0.1) is 6.92 Å². The summed E-state index contributed by atoms with van der Waals surface area (Å²) in [7, 11) is 5.31. The minimum Gasteiger partial charge on any atom is -0.493 e. The Morgan fingerprint density at radius 1 is 1.08 bits per heavy atom. The van der Waals surface area contributed by atoms with Crippen LogP contribution in [0.25, 0.3) is 33.2 Å². The van der Waals surface area contributed by atoms with Gasteiger partial charge in [-0.05, 0) is 30.7 Å². The Kier molecular flexibility index (Phi) is 3.23. The lowest BCUT2D eigenvalue weighted by atomic mass is 10.1. The number of hydrogen-bond donors (Lipinski definition) is 1. The molecule has 5 nitrogen and oxygen atoms in total. The molecular weight excluding hydrogens is 302 g/mol. The quantitative estimate of drug-likeness (QED) is 0.622. The van der Waals surface area contributed by atoms with E-state index in [0.717, 1.165) is 44.5 Å². The predicted octanol–water partition coefficient (Wildman–Crippen LogP) is 3.92. The van der Waals surface area contributed by atoms with Crippen LogP contribution in [0.4, 0.5) is 0 Å². The van der Waals surface area contributed by atoms with E-state index in [9.17, 15) is 0 Å². The fourth-order valence-electron chi connectivity index (χ4n) is 3.15. The number of hydrogen-bond acceptors (Lipinski definition) is 3. The van der Waals surface area contributed by atoms with Crippen LogP contribution in [-0.4, -0.2) is 28.8 Å². The summed E-state index contributed by atoms with van der Waals surface area (Å²) >= 11 is 0. The van der Waals surface area contributed by atoms with Crippen LogP contribution in [-0.2, 0) is 7.05 Å². The molecule has 5 heteroatoms. The Hall–Kier alpha value is -2.95. The number of ether oxygens (including phenoxy) is 2. The summed E-state index contributed by atoms with van der Waals surface area (Å²) in [5.74, 6) is 1.43. The SMILES string of the molecule is [CH2]c1ccnc2[nH]c(-c3cn(C)c4cc(OC)c(OC)cc34)cc12. The Morgan fingerprint density at radius 2 is 1.83 bits per heavy atom. The van der Waals surface area contributed by atoms with Gasteiger partial charge >= 0.3 is 0 Å². The van der Waals surface area contributed by atoms with Crippen molar-refractivity contribution in [1.29, 1.82) is 0 Å². The molecule has 4 rings (SSSR count). The Balaban J connectivity index is 2.00. The molecule has 1 aromatic carbocycles. The highest BCUT2D eigenvalue weighted by molar-refractivity contribution is 5.99. The molecule has 1 N–H and O–H groups in total. The van der Waals surface area contributed by atoms with E-state index in [1.54, 1.807) is 20.4 Å². The summed E-state index contributed by atoms with van der Waals surface area (Å²) in [6.07, 6.45) is 3.86. The lowest BCUT2D eigenvalue weighted by molar-refractivity contribution is 0.355. The number of H-pyrrole nitrogens is 1. The van der Waals surface area contributed by atoms with Crippen molar-refractivity contribution in [2.75, 3.05) is 14.2 Å². The topological polar surface area (TPSA) is 52.1 Å². The van der Waals surface area contributed by atoms with Crippen molar-refractivity contribution in [3.8, 4) is 22.8 Å². The molecule has 4 aromatic rings. The number of pyridine rings is 1. The summed E-state index contributed by atoms with van der Waals surface area (Å²) in [5.41, 5.74) is 4.97. The third-order valence-corrected chi connectivity index (χ3v) is 4.41. The van der Waals surface area contributed by atoms with Crippen molar-refractivity contribution in [2.45, 2.75) is 0 Å². The van der Waals surface area contributed by atoms with Gasteiger partial charge in [-0.3, -0.25) is 0 Å². The molecule has 0 aliphatic rings. The lowest BCUT2D eigenvalue weighted by Crippen LogP contribution is -1.91. The van der Waals surface area contributed by atoms with Gasteiger partial charge in [0, 0.05) is 47.5 Å². The van der Waals surface area contributed by atoms with Gasteiger partial charge in [0.25, 0.3) is 0 Å². The number of aromatic amines is 1. The Labute approximate surface area is 139 Å². The van der Waals surface area contributed by atoms with Crippen LogP contribution < -0.4 is 9.47 Å². The van der Waals surface area contributed by atoms with Crippen LogP contribution in [0.2, 0.25) is 0 Å². The minimum absolute atomic E-state index is 0.713. The van der Waals surface area contributed by atoms with Crippen molar-refractivity contribution in [2.24, 2.45) is 7.05 Å². The lowest BCUT2D eigenvalue weighted by Gasteiger charge is -2.08. The van der Waals surface area contributed by atoms with Gasteiger partial charge in [-0.2, -0.15) is 0 Å². The highest BCUT2D eigenvalue weighted by Gasteiger charge is 2.15. The number of benzene rings is 1. The first-order chi connectivity index (χ1) is 11.6. The van der Waals surface area contributed by atoms with E-state index in [2.05, 4.69) is 33.7 Å². The second-order valence-corrected chi connectivity index (χ2v) is 5.79. The van der Waals surface area contributed by atoms with Crippen molar-refractivity contribution in [1.82, 2.24) is 14.5 Å². The molecule has 3 heterocycles. The number of rotatable bonds is 3. The normalized spacial score (nSPS) is 11.3. The fraction of sp³-hybridized carbons (Fsp3) is 0.158. The molecule has 0 unspecified atom stereocenters. The summed E-state index contributed by atoms with van der Waals surface area (Å²) in [6, 6.07) is 8.01. The highest BCUT2D eigenvalue weighted by atomic mass is 16.5. The van der Waals surface area contributed by atoms with Gasteiger partial charge in [-0.25, -0.2) is 4.98 Å². The van der Waals surface area contributed by atoms with Gasteiger partial charge in [0.1, 0.15) is 5.65 Å². The second-order valence-electron chi connectivity index (χ2n) is 5.79. The molecule has 0 amide bonds. The molecule has 0 spiro atoms. The monoisotopic (exact) mass is 320 g/mol. The summed E-state index contributed by atoms with van der Waals surface area (Å²) in [5, 5.41) is 2.12. The van der Waals surface area contributed by atoms with E-state index in [1.165, 1.54) is 0 Å². The average molecular weight is 320 g/mol. The average Bonchev–Trinajstić information content (AvgIpc) is 3.16. The maximum atomic E-state index is 5.46. The van der Waals surface area contributed by atoms with E-state index in [4.69, 9.17) is 9.47 Å². The van der Waals surface area contributed by atoms with Crippen LogP contribution >= 0.6 is 0 Å². The van der Waals surface area contributed by atoms with E-state index < -0.39 is 0 Å². The summed E-state index contributed by atoms with van der Waals surface area (Å²) in [4.78, 5) is 7.78. The van der Waals surface area contributed by atoms with Crippen LogP contribution in [0.15, 0.2) is 36.7 Å². The van der Waals surface area contributed by atoms with Gasteiger partial charge in [-0.15, -0.1) is 0 Å². The molecule has 0 fully saturated rings. The predicted molar refractivity (Wildman–Crippen MR) is 95.6 cm³/mol. The Morgan fingerprint density at radius 3 is 2.54 bits per heavy atom. The van der Waals surface area contributed by atoms with Crippen LogP contribution in [0.3, 0.4) is 0 Å². The van der Waals surface area contributed by atoms with E-state index >= 15 is 0 Å². The van der Waals surface area contributed by atoms with Gasteiger partial charge in [0.2, 0.25) is 0 Å². The number of aryl methyl sites for hydroxylation is 1. The molecule has 0 aliphatic carbocycles. The number of nitrogens with zero attached hydrogens (tertiary/aromatic N) is 2. The molecule has 121 valence electrons. The van der Waals surface area contributed by atoms with Crippen molar-refractivity contribution in [3.63, 3.8) is 0 Å². The van der Waals surface area contributed by atoms with E-state index in [1.807, 2.05) is 25.2 Å². The van der Waals surface area contributed by atoms with E-state index in [-0.39, 0.29) is 0 Å². The third kappa shape index (κ3) is 2.05. The standard InChI is InChI=1S/C19H18N3O2/c1-11-5-6-20-19-12(11)7-15(21-19)14-10-22(2)16-9-18(24-4)17(23-3)8-13(14)16/h5-10H,1H2,2-4H3,(H,20,21). The fourth-order valence-corrected chi connectivity index (χ4v) is 3.15. The molecule has 0 bridgehead atoms. The molecule has 1 radical (unpaired) electrons. The first kappa shape index (κ1) is 14.6. The number of fused-ring (bicyclic) bond motifs is 2. The maximum absolute atomic E-state index is 5.46. The molecule has 0 saturated heterocycles. The van der Waals surface area contributed by atoms with Gasteiger partial charge in [0.15, 0.2) is 11.5 Å². The zero-order valence-corrected chi connectivity index (χ0v) is 13.9. The number of nitrogens with one attached hydrogen (secondary N) is 1. The van der Waals surface area contributed by atoms with Gasteiger partial charge in [0.05, 0.1) is 19.7 Å². The first-order valence-corrected chi connectivity index (χ1v) is 7.63. The van der Waals surface area contributed by atoms with Gasteiger partial charge < -0.3 is 19.0 Å².